The molecule has 2 nitrogen and oxygen atoms in total. The smallest absolute Gasteiger partial charge is 0.118 e. The normalized spacial score (nSPS) is 10.8. The Morgan fingerprint density at radius 2 is 1.65 bits per heavy atom. The first kappa shape index (κ1) is 12.7. The van der Waals surface area contributed by atoms with Gasteiger partial charge < -0.3 is 4.74 Å². The number of fused-ring (bicyclic) bond motifs is 1. The zero-order chi connectivity index (χ0) is 14.1. The highest BCUT2D eigenvalue weighted by atomic mass is 16.5. The van der Waals surface area contributed by atoms with Gasteiger partial charge in [-0.2, -0.15) is 0 Å². The van der Waals surface area contributed by atoms with Crippen molar-refractivity contribution in [3.63, 3.8) is 0 Å². The molecule has 20 heavy (non-hydrogen) atoms. The second kappa shape index (κ2) is 4.97. The molecule has 0 spiro atoms. The van der Waals surface area contributed by atoms with Crippen molar-refractivity contribution >= 4 is 10.9 Å². The minimum atomic E-state index is 0.870. The zero-order valence-electron chi connectivity index (χ0n) is 12.0. The van der Waals surface area contributed by atoms with Crippen molar-refractivity contribution in [1.29, 1.82) is 0 Å². The van der Waals surface area contributed by atoms with Crippen LogP contribution in [0.3, 0.4) is 0 Å². The summed E-state index contributed by atoms with van der Waals surface area (Å²) >= 11 is 0. The lowest BCUT2D eigenvalue weighted by molar-refractivity contribution is 0.415. The SMILES string of the molecule is COc1ccc(-c2cnc3c(C)cc(C)cc3c2)cc1. The van der Waals surface area contributed by atoms with Crippen LogP contribution in [0.4, 0.5) is 0 Å². The molecule has 0 unspecified atom stereocenters. The zero-order valence-corrected chi connectivity index (χ0v) is 12.0. The fourth-order valence-corrected chi connectivity index (χ4v) is 2.56. The molecule has 0 aliphatic rings. The van der Waals surface area contributed by atoms with Gasteiger partial charge in [0.15, 0.2) is 0 Å². The summed E-state index contributed by atoms with van der Waals surface area (Å²) in [5.41, 5.74) is 5.85. The number of aryl methyl sites for hydroxylation is 2. The van der Waals surface area contributed by atoms with Crippen molar-refractivity contribution < 1.29 is 4.74 Å². The highest BCUT2D eigenvalue weighted by molar-refractivity contribution is 5.86. The van der Waals surface area contributed by atoms with Crippen LogP contribution < -0.4 is 4.74 Å². The molecule has 0 saturated carbocycles. The van der Waals surface area contributed by atoms with Crippen LogP contribution in [0.1, 0.15) is 11.1 Å². The number of ether oxygens (including phenoxy) is 1. The molecule has 3 rings (SSSR count). The van der Waals surface area contributed by atoms with Gasteiger partial charge in [-0.05, 0) is 49.2 Å². The molecule has 1 aromatic heterocycles. The molecule has 0 bridgehead atoms. The molecule has 0 radical (unpaired) electrons. The van der Waals surface area contributed by atoms with E-state index in [9.17, 15) is 0 Å². The molecule has 0 saturated heterocycles. The van der Waals surface area contributed by atoms with Crippen molar-refractivity contribution in [2.75, 3.05) is 7.11 Å². The maximum atomic E-state index is 5.19. The van der Waals surface area contributed by atoms with E-state index < -0.39 is 0 Å². The number of methoxy groups -OCH3 is 1. The molecule has 0 atom stereocenters. The van der Waals surface area contributed by atoms with Crippen molar-refractivity contribution in [1.82, 2.24) is 4.98 Å². The van der Waals surface area contributed by atoms with Gasteiger partial charge in [-0.15, -0.1) is 0 Å². The molecule has 0 amide bonds. The maximum absolute atomic E-state index is 5.19. The maximum Gasteiger partial charge on any atom is 0.118 e. The van der Waals surface area contributed by atoms with E-state index in [2.05, 4.69) is 49.2 Å². The third-order valence-electron chi connectivity index (χ3n) is 3.54. The van der Waals surface area contributed by atoms with E-state index in [4.69, 9.17) is 4.74 Å². The Morgan fingerprint density at radius 3 is 2.35 bits per heavy atom. The first-order valence-electron chi connectivity index (χ1n) is 6.69. The topological polar surface area (TPSA) is 22.1 Å². The molecular weight excluding hydrogens is 246 g/mol. The summed E-state index contributed by atoms with van der Waals surface area (Å²) in [6, 6.07) is 14.6. The first-order valence-corrected chi connectivity index (χ1v) is 6.69. The number of aromatic nitrogens is 1. The monoisotopic (exact) mass is 263 g/mol. The van der Waals surface area contributed by atoms with Gasteiger partial charge in [0, 0.05) is 17.1 Å². The summed E-state index contributed by atoms with van der Waals surface area (Å²) in [6.45, 7) is 4.22. The minimum absolute atomic E-state index is 0.870. The van der Waals surface area contributed by atoms with Gasteiger partial charge in [-0.25, -0.2) is 0 Å². The van der Waals surface area contributed by atoms with E-state index >= 15 is 0 Å². The van der Waals surface area contributed by atoms with E-state index in [1.165, 1.54) is 16.5 Å². The van der Waals surface area contributed by atoms with E-state index in [1.54, 1.807) is 7.11 Å². The number of rotatable bonds is 2. The Balaban J connectivity index is 2.12. The summed E-state index contributed by atoms with van der Waals surface area (Å²) < 4.78 is 5.19. The Kier molecular flexibility index (Phi) is 3.15. The predicted molar refractivity (Wildman–Crippen MR) is 83.2 cm³/mol. The predicted octanol–water partition coefficient (Wildman–Crippen LogP) is 4.53. The van der Waals surface area contributed by atoms with Crippen LogP contribution in [0.2, 0.25) is 0 Å². The van der Waals surface area contributed by atoms with Crippen molar-refractivity contribution in [2.24, 2.45) is 0 Å². The second-order valence-corrected chi connectivity index (χ2v) is 5.11. The molecule has 2 heteroatoms. The van der Waals surface area contributed by atoms with Gasteiger partial charge >= 0.3 is 0 Å². The average molecular weight is 263 g/mol. The Labute approximate surface area is 119 Å². The van der Waals surface area contributed by atoms with E-state index in [0.29, 0.717) is 0 Å². The quantitative estimate of drug-likeness (QED) is 0.677. The molecule has 2 aromatic carbocycles. The molecule has 0 aliphatic heterocycles. The summed E-state index contributed by atoms with van der Waals surface area (Å²) in [6.07, 6.45) is 1.94. The Bertz CT molecular complexity index is 760. The van der Waals surface area contributed by atoms with Gasteiger partial charge in [-0.3, -0.25) is 4.98 Å². The largest absolute Gasteiger partial charge is 0.497 e. The lowest BCUT2D eigenvalue weighted by Gasteiger charge is -2.07. The molecule has 0 aliphatic carbocycles. The third kappa shape index (κ3) is 2.25. The molecule has 3 aromatic rings. The van der Waals surface area contributed by atoms with Crippen LogP contribution in [-0.4, -0.2) is 12.1 Å². The summed E-state index contributed by atoms with van der Waals surface area (Å²) in [7, 11) is 1.68. The van der Waals surface area contributed by atoms with Crippen LogP contribution in [0, 0.1) is 13.8 Å². The Morgan fingerprint density at radius 1 is 0.900 bits per heavy atom. The highest BCUT2D eigenvalue weighted by Gasteiger charge is 2.04. The highest BCUT2D eigenvalue weighted by Crippen LogP contribution is 2.26. The molecule has 0 fully saturated rings. The molecule has 1 heterocycles. The number of hydrogen-bond donors (Lipinski definition) is 0. The van der Waals surface area contributed by atoms with Gasteiger partial charge in [-0.1, -0.05) is 23.8 Å². The molecular formula is C18H17NO. The van der Waals surface area contributed by atoms with Crippen molar-refractivity contribution in [3.8, 4) is 16.9 Å². The molecule has 100 valence electrons. The van der Waals surface area contributed by atoms with Crippen LogP contribution in [0.25, 0.3) is 22.0 Å². The van der Waals surface area contributed by atoms with Gasteiger partial charge in [0.1, 0.15) is 5.75 Å². The number of pyridine rings is 1. The van der Waals surface area contributed by atoms with Crippen molar-refractivity contribution in [2.45, 2.75) is 13.8 Å². The van der Waals surface area contributed by atoms with E-state index in [-0.39, 0.29) is 0 Å². The standard InChI is InChI=1S/C18H17NO/c1-12-8-13(2)18-15(9-12)10-16(11-19-18)14-4-6-17(20-3)7-5-14/h4-11H,1-3H3. The first-order chi connectivity index (χ1) is 9.67. The van der Waals surface area contributed by atoms with Crippen LogP contribution in [-0.2, 0) is 0 Å². The third-order valence-corrected chi connectivity index (χ3v) is 3.54. The summed E-state index contributed by atoms with van der Waals surface area (Å²) in [5.74, 6) is 0.870. The van der Waals surface area contributed by atoms with Gasteiger partial charge in [0.2, 0.25) is 0 Å². The summed E-state index contributed by atoms with van der Waals surface area (Å²) in [5, 5.41) is 1.19. The number of hydrogen-bond acceptors (Lipinski definition) is 2. The number of nitrogens with zero attached hydrogens (tertiary/aromatic N) is 1. The lowest BCUT2D eigenvalue weighted by atomic mass is 10.0. The van der Waals surface area contributed by atoms with Crippen LogP contribution >= 0.6 is 0 Å². The minimum Gasteiger partial charge on any atom is -0.497 e. The van der Waals surface area contributed by atoms with E-state index in [0.717, 1.165) is 22.4 Å². The van der Waals surface area contributed by atoms with Crippen LogP contribution in [0.5, 0.6) is 5.75 Å². The van der Waals surface area contributed by atoms with Gasteiger partial charge in [0.05, 0.1) is 12.6 Å². The fourth-order valence-electron chi connectivity index (χ4n) is 2.56. The number of benzene rings is 2. The van der Waals surface area contributed by atoms with Crippen LogP contribution in [0.15, 0.2) is 48.7 Å². The van der Waals surface area contributed by atoms with Gasteiger partial charge in [0.25, 0.3) is 0 Å². The average Bonchev–Trinajstić information content (AvgIpc) is 2.46. The summed E-state index contributed by atoms with van der Waals surface area (Å²) in [4.78, 5) is 4.61. The van der Waals surface area contributed by atoms with Crippen molar-refractivity contribution in [3.05, 3.63) is 59.8 Å². The fraction of sp³-hybridized carbons (Fsp3) is 0.167. The van der Waals surface area contributed by atoms with E-state index in [1.807, 2.05) is 18.3 Å². The lowest BCUT2D eigenvalue weighted by Crippen LogP contribution is -1.88. The molecule has 0 N–H and O–H groups in total. The second-order valence-electron chi connectivity index (χ2n) is 5.11. The Hall–Kier alpha value is -2.35.